The Morgan fingerprint density at radius 2 is 1.89 bits per heavy atom. The van der Waals surface area contributed by atoms with Gasteiger partial charge in [-0.2, -0.15) is 0 Å². The van der Waals surface area contributed by atoms with Crippen LogP contribution in [0.5, 0.6) is 0 Å². The van der Waals surface area contributed by atoms with Gasteiger partial charge in [0.2, 0.25) is 0 Å². The van der Waals surface area contributed by atoms with Crippen LogP contribution in [-0.4, -0.2) is 30.7 Å². The summed E-state index contributed by atoms with van der Waals surface area (Å²) in [5.74, 6) is 0.924. The zero-order valence-corrected chi connectivity index (χ0v) is 11.4. The molecular formula is C15H19N3O. The van der Waals surface area contributed by atoms with Gasteiger partial charge in [-0.3, -0.25) is 0 Å². The summed E-state index contributed by atoms with van der Waals surface area (Å²) in [6.07, 6.45) is 2.40. The van der Waals surface area contributed by atoms with Gasteiger partial charge in [0.1, 0.15) is 12.1 Å². The topological polar surface area (TPSA) is 38.2 Å². The van der Waals surface area contributed by atoms with E-state index in [2.05, 4.69) is 22.1 Å². The third kappa shape index (κ3) is 4.34. The number of anilines is 1. The first-order valence-electron chi connectivity index (χ1n) is 6.35. The van der Waals surface area contributed by atoms with Crippen LogP contribution in [-0.2, 0) is 17.8 Å². The molecule has 1 heterocycles. The maximum Gasteiger partial charge on any atom is 0.131 e. The Hall–Kier alpha value is -1.94. The van der Waals surface area contributed by atoms with Gasteiger partial charge in [-0.1, -0.05) is 30.3 Å². The first-order chi connectivity index (χ1) is 9.25. The Balaban J connectivity index is 1.78. The van der Waals surface area contributed by atoms with Gasteiger partial charge < -0.3 is 9.64 Å². The molecule has 2 aromatic rings. The summed E-state index contributed by atoms with van der Waals surface area (Å²) in [4.78, 5) is 10.4. The predicted molar refractivity (Wildman–Crippen MR) is 76.2 cm³/mol. The second-order valence-corrected chi connectivity index (χ2v) is 4.55. The van der Waals surface area contributed by atoms with Crippen LogP contribution >= 0.6 is 0 Å². The van der Waals surface area contributed by atoms with Crippen LogP contribution in [0.2, 0.25) is 0 Å². The van der Waals surface area contributed by atoms with Crippen molar-refractivity contribution in [3.8, 4) is 0 Å². The Bertz CT molecular complexity index is 500. The maximum atomic E-state index is 5.65. The zero-order chi connectivity index (χ0) is 13.5. The van der Waals surface area contributed by atoms with Crippen LogP contribution in [0.25, 0.3) is 0 Å². The van der Waals surface area contributed by atoms with Crippen molar-refractivity contribution in [1.82, 2.24) is 9.97 Å². The lowest BCUT2D eigenvalue weighted by molar-refractivity contribution is 0.123. The van der Waals surface area contributed by atoms with Gasteiger partial charge in [0.25, 0.3) is 0 Å². The lowest BCUT2D eigenvalue weighted by atomic mass is 10.2. The van der Waals surface area contributed by atoms with Gasteiger partial charge in [-0.25, -0.2) is 9.97 Å². The lowest BCUT2D eigenvalue weighted by Gasteiger charge is -2.11. The van der Waals surface area contributed by atoms with Crippen molar-refractivity contribution in [2.45, 2.75) is 13.0 Å². The van der Waals surface area contributed by atoms with E-state index in [0.29, 0.717) is 13.2 Å². The van der Waals surface area contributed by atoms with E-state index in [4.69, 9.17) is 4.74 Å². The summed E-state index contributed by atoms with van der Waals surface area (Å²) >= 11 is 0. The highest BCUT2D eigenvalue weighted by molar-refractivity contribution is 5.36. The fraction of sp³-hybridized carbons (Fsp3) is 0.333. The lowest BCUT2D eigenvalue weighted by Crippen LogP contribution is -2.11. The van der Waals surface area contributed by atoms with Gasteiger partial charge in [0.15, 0.2) is 0 Å². The van der Waals surface area contributed by atoms with E-state index >= 15 is 0 Å². The zero-order valence-electron chi connectivity index (χ0n) is 11.4. The monoisotopic (exact) mass is 257 g/mol. The molecule has 0 saturated carbocycles. The number of hydrogen-bond acceptors (Lipinski definition) is 4. The normalized spacial score (nSPS) is 10.4. The Labute approximate surface area is 114 Å². The molecule has 0 N–H and O–H groups in total. The summed E-state index contributed by atoms with van der Waals surface area (Å²) in [6, 6.07) is 12.2. The number of nitrogens with zero attached hydrogens (tertiary/aromatic N) is 3. The van der Waals surface area contributed by atoms with E-state index in [1.54, 1.807) is 6.33 Å². The molecule has 0 aliphatic rings. The number of aromatic nitrogens is 2. The third-order valence-corrected chi connectivity index (χ3v) is 2.78. The second kappa shape index (κ2) is 6.85. The van der Waals surface area contributed by atoms with Crippen molar-refractivity contribution in [1.29, 1.82) is 0 Å². The van der Waals surface area contributed by atoms with Crippen LogP contribution in [0.3, 0.4) is 0 Å². The molecule has 4 heteroatoms. The molecule has 19 heavy (non-hydrogen) atoms. The Morgan fingerprint density at radius 1 is 1.11 bits per heavy atom. The molecule has 0 saturated heterocycles. The molecule has 0 aliphatic carbocycles. The summed E-state index contributed by atoms with van der Waals surface area (Å²) < 4.78 is 5.65. The van der Waals surface area contributed by atoms with Crippen molar-refractivity contribution in [3.05, 3.63) is 54.0 Å². The summed E-state index contributed by atoms with van der Waals surface area (Å²) in [7, 11) is 3.94. The van der Waals surface area contributed by atoms with E-state index in [1.165, 1.54) is 5.56 Å². The smallest absolute Gasteiger partial charge is 0.131 e. The van der Waals surface area contributed by atoms with E-state index in [1.807, 2.05) is 43.3 Å². The fourth-order valence-electron chi connectivity index (χ4n) is 1.71. The number of benzene rings is 1. The summed E-state index contributed by atoms with van der Waals surface area (Å²) in [5, 5.41) is 0. The van der Waals surface area contributed by atoms with Gasteiger partial charge in [-0.05, 0) is 5.56 Å². The molecule has 0 fully saturated rings. The average molecular weight is 257 g/mol. The highest BCUT2D eigenvalue weighted by Gasteiger charge is 2.01. The number of rotatable bonds is 6. The van der Waals surface area contributed by atoms with E-state index < -0.39 is 0 Å². The minimum atomic E-state index is 0.645. The molecule has 0 spiro atoms. The van der Waals surface area contributed by atoms with Crippen LogP contribution in [0.15, 0.2) is 42.7 Å². The molecule has 1 aromatic heterocycles. The highest BCUT2D eigenvalue weighted by atomic mass is 16.5. The standard InChI is InChI=1S/C15H19N3O/c1-18(2)15-10-14(16-12-17-15)8-9-19-11-13-6-4-3-5-7-13/h3-7,10,12H,8-9,11H2,1-2H3. The van der Waals surface area contributed by atoms with Crippen LogP contribution in [0, 0.1) is 0 Å². The molecular weight excluding hydrogens is 238 g/mol. The first kappa shape index (κ1) is 13.5. The van der Waals surface area contributed by atoms with Crippen LogP contribution < -0.4 is 4.90 Å². The Kier molecular flexibility index (Phi) is 4.86. The molecule has 100 valence electrons. The molecule has 0 atom stereocenters. The van der Waals surface area contributed by atoms with Crippen molar-refractivity contribution >= 4 is 5.82 Å². The van der Waals surface area contributed by atoms with Gasteiger partial charge in [0, 0.05) is 32.3 Å². The van der Waals surface area contributed by atoms with Crippen molar-refractivity contribution < 1.29 is 4.74 Å². The molecule has 0 bridgehead atoms. The molecule has 1 aromatic carbocycles. The van der Waals surface area contributed by atoms with E-state index in [0.717, 1.165) is 17.9 Å². The average Bonchev–Trinajstić information content (AvgIpc) is 2.45. The maximum absolute atomic E-state index is 5.65. The second-order valence-electron chi connectivity index (χ2n) is 4.55. The largest absolute Gasteiger partial charge is 0.376 e. The SMILES string of the molecule is CN(C)c1cc(CCOCc2ccccc2)ncn1. The van der Waals surface area contributed by atoms with Crippen molar-refractivity contribution in [3.63, 3.8) is 0 Å². The van der Waals surface area contributed by atoms with Crippen molar-refractivity contribution in [2.75, 3.05) is 25.6 Å². The Morgan fingerprint density at radius 3 is 2.63 bits per heavy atom. The minimum Gasteiger partial charge on any atom is -0.376 e. The van der Waals surface area contributed by atoms with Crippen molar-refractivity contribution in [2.24, 2.45) is 0 Å². The van der Waals surface area contributed by atoms with Crippen LogP contribution in [0.4, 0.5) is 5.82 Å². The molecule has 0 aliphatic heterocycles. The molecule has 0 unspecified atom stereocenters. The molecule has 0 amide bonds. The quantitative estimate of drug-likeness (QED) is 0.744. The first-order valence-corrected chi connectivity index (χ1v) is 6.35. The molecule has 4 nitrogen and oxygen atoms in total. The molecule has 0 radical (unpaired) electrons. The van der Waals surface area contributed by atoms with Crippen LogP contribution in [0.1, 0.15) is 11.3 Å². The summed E-state index contributed by atoms with van der Waals surface area (Å²) in [5.41, 5.74) is 2.20. The van der Waals surface area contributed by atoms with E-state index in [-0.39, 0.29) is 0 Å². The van der Waals surface area contributed by atoms with E-state index in [9.17, 15) is 0 Å². The summed E-state index contributed by atoms with van der Waals surface area (Å²) in [6.45, 7) is 1.31. The van der Waals surface area contributed by atoms with Gasteiger partial charge in [0.05, 0.1) is 13.2 Å². The van der Waals surface area contributed by atoms with Gasteiger partial charge >= 0.3 is 0 Å². The number of hydrogen-bond donors (Lipinski definition) is 0. The minimum absolute atomic E-state index is 0.645. The third-order valence-electron chi connectivity index (χ3n) is 2.78. The molecule has 2 rings (SSSR count). The van der Waals surface area contributed by atoms with Gasteiger partial charge in [-0.15, -0.1) is 0 Å². The predicted octanol–water partition coefficient (Wildman–Crippen LogP) is 2.30. The highest BCUT2D eigenvalue weighted by Crippen LogP contribution is 2.08. The number of ether oxygens (including phenoxy) is 1. The fourth-order valence-corrected chi connectivity index (χ4v) is 1.71.